The molecule has 7 nitrogen and oxygen atoms in total. The average molecular weight is 415 g/mol. The van der Waals surface area contributed by atoms with Crippen molar-refractivity contribution in [3.63, 3.8) is 0 Å². The van der Waals surface area contributed by atoms with Gasteiger partial charge in [0.1, 0.15) is 5.76 Å². The van der Waals surface area contributed by atoms with Gasteiger partial charge in [-0.15, -0.1) is 0 Å². The van der Waals surface area contributed by atoms with Crippen LogP contribution >= 0.6 is 0 Å². The number of rotatable bonds is 9. The van der Waals surface area contributed by atoms with Crippen molar-refractivity contribution in [2.45, 2.75) is 38.8 Å². The second-order valence-electron chi connectivity index (χ2n) is 7.39. The van der Waals surface area contributed by atoms with Gasteiger partial charge in [0.05, 0.1) is 33.1 Å². The smallest absolute Gasteiger partial charge is 0.191 e. The zero-order valence-electron chi connectivity index (χ0n) is 18.3. The maximum atomic E-state index is 5.75. The molecule has 164 valence electrons. The maximum absolute atomic E-state index is 5.75. The molecule has 2 aromatic rings. The van der Waals surface area contributed by atoms with E-state index in [1.165, 1.54) is 19.3 Å². The Morgan fingerprint density at radius 3 is 2.57 bits per heavy atom. The monoisotopic (exact) mass is 414 g/mol. The van der Waals surface area contributed by atoms with Crippen LogP contribution in [0.5, 0.6) is 11.5 Å². The maximum Gasteiger partial charge on any atom is 0.191 e. The van der Waals surface area contributed by atoms with E-state index in [-0.39, 0.29) is 6.04 Å². The van der Waals surface area contributed by atoms with Gasteiger partial charge in [0.25, 0.3) is 0 Å². The lowest BCUT2D eigenvalue weighted by atomic mass is 10.1. The number of methoxy groups -OCH3 is 2. The topological polar surface area (TPSA) is 71.3 Å². The van der Waals surface area contributed by atoms with Gasteiger partial charge in [0, 0.05) is 13.1 Å². The molecule has 1 saturated heterocycles. The number of guanidine groups is 1. The summed E-state index contributed by atoms with van der Waals surface area (Å²) in [4.78, 5) is 7.27. The lowest BCUT2D eigenvalue weighted by Gasteiger charge is -2.33. The van der Waals surface area contributed by atoms with E-state index in [2.05, 4.69) is 28.5 Å². The van der Waals surface area contributed by atoms with Gasteiger partial charge < -0.3 is 24.5 Å². The van der Waals surface area contributed by atoms with Crippen LogP contribution in [0.4, 0.5) is 0 Å². The van der Waals surface area contributed by atoms with Gasteiger partial charge in [-0.2, -0.15) is 0 Å². The number of nitrogens with zero attached hydrogens (tertiary/aromatic N) is 2. The summed E-state index contributed by atoms with van der Waals surface area (Å²) < 4.78 is 16.5. The van der Waals surface area contributed by atoms with E-state index in [0.29, 0.717) is 12.3 Å². The highest BCUT2D eigenvalue weighted by atomic mass is 16.5. The van der Waals surface area contributed by atoms with Crippen LogP contribution in [0.1, 0.15) is 43.6 Å². The van der Waals surface area contributed by atoms with Gasteiger partial charge in [-0.05, 0) is 62.7 Å². The second-order valence-corrected chi connectivity index (χ2v) is 7.39. The first-order valence-electron chi connectivity index (χ1n) is 10.8. The summed E-state index contributed by atoms with van der Waals surface area (Å²) in [5, 5.41) is 6.85. The van der Waals surface area contributed by atoms with Crippen molar-refractivity contribution in [2.75, 3.05) is 40.4 Å². The molecule has 0 saturated carbocycles. The highest BCUT2D eigenvalue weighted by Gasteiger charge is 2.24. The number of likely N-dealkylation sites (tertiary alicyclic amines) is 1. The Morgan fingerprint density at radius 2 is 1.90 bits per heavy atom. The van der Waals surface area contributed by atoms with E-state index >= 15 is 0 Å². The van der Waals surface area contributed by atoms with Crippen molar-refractivity contribution in [1.82, 2.24) is 15.5 Å². The van der Waals surface area contributed by atoms with Gasteiger partial charge in [-0.25, -0.2) is 4.99 Å². The molecule has 3 rings (SSSR count). The summed E-state index contributed by atoms with van der Waals surface area (Å²) in [6, 6.07) is 10.1. The largest absolute Gasteiger partial charge is 0.493 e. The Bertz CT molecular complexity index is 786. The molecule has 1 atom stereocenters. The first kappa shape index (κ1) is 22.0. The van der Waals surface area contributed by atoms with Crippen LogP contribution in [0.2, 0.25) is 0 Å². The fourth-order valence-corrected chi connectivity index (χ4v) is 3.80. The van der Waals surface area contributed by atoms with E-state index in [9.17, 15) is 0 Å². The van der Waals surface area contributed by atoms with Gasteiger partial charge >= 0.3 is 0 Å². The lowest BCUT2D eigenvalue weighted by molar-refractivity contribution is 0.146. The van der Waals surface area contributed by atoms with Crippen molar-refractivity contribution in [3.8, 4) is 11.5 Å². The van der Waals surface area contributed by atoms with Gasteiger partial charge in [-0.1, -0.05) is 12.5 Å². The minimum Gasteiger partial charge on any atom is -0.493 e. The highest BCUT2D eigenvalue weighted by Crippen LogP contribution is 2.28. The Kier molecular flexibility index (Phi) is 8.44. The molecular weight excluding hydrogens is 380 g/mol. The number of aliphatic imine (C=N–C) groups is 1. The summed E-state index contributed by atoms with van der Waals surface area (Å²) in [6.45, 7) is 6.37. The molecule has 1 fully saturated rings. The van der Waals surface area contributed by atoms with Gasteiger partial charge in [0.15, 0.2) is 17.5 Å². The Balaban J connectivity index is 1.67. The predicted molar refractivity (Wildman–Crippen MR) is 119 cm³/mol. The number of hydrogen-bond donors (Lipinski definition) is 2. The van der Waals surface area contributed by atoms with Crippen molar-refractivity contribution in [2.24, 2.45) is 4.99 Å². The number of furan rings is 1. The Morgan fingerprint density at radius 1 is 1.10 bits per heavy atom. The van der Waals surface area contributed by atoms with Crippen LogP contribution in [-0.2, 0) is 6.54 Å². The number of nitrogens with one attached hydrogen (secondary N) is 2. The first-order valence-corrected chi connectivity index (χ1v) is 10.8. The standard InChI is InChI=1S/C23H34N4O3/c1-4-24-23(25-16-18-10-11-21(28-2)22(15-18)29-3)26-17-19(20-9-8-14-30-20)27-12-6-5-7-13-27/h8-11,14-15,19H,4-7,12-13,16-17H2,1-3H3,(H2,24,25,26). The van der Waals surface area contributed by atoms with Crippen LogP contribution in [0.15, 0.2) is 46.0 Å². The fourth-order valence-electron chi connectivity index (χ4n) is 3.80. The molecule has 0 bridgehead atoms. The Labute approximate surface area is 179 Å². The third-order valence-electron chi connectivity index (χ3n) is 5.38. The van der Waals surface area contributed by atoms with E-state index in [1.807, 2.05) is 24.3 Å². The minimum absolute atomic E-state index is 0.199. The van der Waals surface area contributed by atoms with E-state index in [0.717, 1.165) is 49.2 Å². The molecule has 0 amide bonds. The van der Waals surface area contributed by atoms with Crippen molar-refractivity contribution in [1.29, 1.82) is 0 Å². The van der Waals surface area contributed by atoms with Crippen LogP contribution in [0.25, 0.3) is 0 Å². The molecule has 0 aliphatic carbocycles. The number of ether oxygens (including phenoxy) is 2. The fraction of sp³-hybridized carbons (Fsp3) is 0.522. The molecule has 1 aromatic carbocycles. The molecule has 1 aromatic heterocycles. The first-order chi connectivity index (χ1) is 14.7. The lowest BCUT2D eigenvalue weighted by Crippen LogP contribution is -2.44. The number of piperidine rings is 1. The molecular formula is C23H34N4O3. The van der Waals surface area contributed by atoms with E-state index in [4.69, 9.17) is 18.9 Å². The van der Waals surface area contributed by atoms with Crippen LogP contribution < -0.4 is 20.1 Å². The third-order valence-corrected chi connectivity index (χ3v) is 5.38. The molecule has 2 N–H and O–H groups in total. The zero-order chi connectivity index (χ0) is 21.2. The normalized spacial score (nSPS) is 16.2. The van der Waals surface area contributed by atoms with Gasteiger partial charge in [0.2, 0.25) is 0 Å². The van der Waals surface area contributed by atoms with Crippen molar-refractivity contribution in [3.05, 3.63) is 47.9 Å². The third kappa shape index (κ3) is 5.92. The highest BCUT2D eigenvalue weighted by molar-refractivity contribution is 5.79. The molecule has 2 heterocycles. The molecule has 7 heteroatoms. The molecule has 0 radical (unpaired) electrons. The van der Waals surface area contributed by atoms with Crippen molar-refractivity contribution >= 4 is 5.96 Å². The molecule has 1 aliphatic heterocycles. The Hall–Kier alpha value is -2.67. The van der Waals surface area contributed by atoms with Crippen molar-refractivity contribution < 1.29 is 13.9 Å². The number of benzene rings is 1. The average Bonchev–Trinajstić information content (AvgIpc) is 3.32. The molecule has 1 unspecified atom stereocenters. The summed E-state index contributed by atoms with van der Waals surface area (Å²) in [5.41, 5.74) is 1.06. The van der Waals surface area contributed by atoms with E-state index < -0.39 is 0 Å². The van der Waals surface area contributed by atoms with Crippen LogP contribution in [0, 0.1) is 0 Å². The van der Waals surface area contributed by atoms with Crippen LogP contribution in [-0.4, -0.2) is 51.3 Å². The predicted octanol–water partition coefficient (Wildman–Crippen LogP) is 3.58. The molecule has 1 aliphatic rings. The summed E-state index contributed by atoms with van der Waals surface area (Å²) >= 11 is 0. The van der Waals surface area contributed by atoms with Crippen LogP contribution in [0.3, 0.4) is 0 Å². The van der Waals surface area contributed by atoms with Gasteiger partial charge in [-0.3, -0.25) is 4.90 Å². The number of hydrogen-bond acceptors (Lipinski definition) is 5. The summed E-state index contributed by atoms with van der Waals surface area (Å²) in [6.07, 6.45) is 5.54. The quantitative estimate of drug-likeness (QED) is 0.483. The minimum atomic E-state index is 0.199. The second kappa shape index (κ2) is 11.5. The summed E-state index contributed by atoms with van der Waals surface area (Å²) in [5.74, 6) is 3.23. The zero-order valence-corrected chi connectivity index (χ0v) is 18.3. The summed E-state index contributed by atoms with van der Waals surface area (Å²) in [7, 11) is 3.28. The molecule has 0 spiro atoms. The molecule has 30 heavy (non-hydrogen) atoms. The van der Waals surface area contributed by atoms with E-state index in [1.54, 1.807) is 20.5 Å². The SMILES string of the molecule is CCNC(=NCc1ccc(OC)c(OC)c1)NCC(c1ccco1)N1CCCCC1.